The average molecular weight is 200 g/mol. The van der Waals surface area contributed by atoms with Crippen LogP contribution in [-0.2, 0) is 9.59 Å². The summed E-state index contributed by atoms with van der Waals surface area (Å²) in [5.74, 6) is -1.06. The fourth-order valence-electron chi connectivity index (χ4n) is 1.50. The van der Waals surface area contributed by atoms with Crippen LogP contribution in [0.5, 0.6) is 0 Å². The van der Waals surface area contributed by atoms with Crippen LogP contribution in [0.1, 0.15) is 12.8 Å². The van der Waals surface area contributed by atoms with E-state index >= 15 is 0 Å². The maximum absolute atomic E-state index is 11.2. The molecular formula is C9H16N2O3. The minimum atomic E-state index is -0.761. The molecule has 1 aliphatic rings. The van der Waals surface area contributed by atoms with E-state index in [1.165, 1.54) is 0 Å². The molecule has 0 aromatic rings. The van der Waals surface area contributed by atoms with Gasteiger partial charge in [-0.25, -0.2) is 0 Å². The summed E-state index contributed by atoms with van der Waals surface area (Å²) in [6, 6.07) is 0.0588. The second-order valence-corrected chi connectivity index (χ2v) is 4.01. The summed E-state index contributed by atoms with van der Waals surface area (Å²) < 4.78 is 0. The molecule has 1 aliphatic carbocycles. The number of likely N-dealkylation sites (N-methyl/N-ethyl adjacent to an activating group) is 1. The van der Waals surface area contributed by atoms with Gasteiger partial charge in [0.2, 0.25) is 5.91 Å². The Morgan fingerprint density at radius 1 is 1.43 bits per heavy atom. The Morgan fingerprint density at radius 2 is 2.00 bits per heavy atom. The molecule has 1 fully saturated rings. The second-order valence-electron chi connectivity index (χ2n) is 4.01. The third-order valence-electron chi connectivity index (χ3n) is 2.31. The summed E-state index contributed by atoms with van der Waals surface area (Å²) in [6.45, 7) is 0.355. The third-order valence-corrected chi connectivity index (χ3v) is 2.31. The highest BCUT2D eigenvalue weighted by Crippen LogP contribution is 2.27. The number of carboxylic acid groups (broad SMARTS) is 1. The number of hydrogen-bond donors (Lipinski definition) is 2. The molecule has 1 amide bonds. The van der Waals surface area contributed by atoms with Crippen molar-refractivity contribution in [1.82, 2.24) is 10.2 Å². The van der Waals surface area contributed by atoms with E-state index in [-0.39, 0.29) is 17.9 Å². The molecule has 5 nitrogen and oxygen atoms in total. The van der Waals surface area contributed by atoms with Crippen LogP contribution < -0.4 is 5.32 Å². The Balaban J connectivity index is 2.16. The van der Waals surface area contributed by atoms with Gasteiger partial charge in [0.05, 0.1) is 12.5 Å². The molecule has 1 rings (SSSR count). The number of nitrogens with one attached hydrogen (secondary N) is 1. The van der Waals surface area contributed by atoms with Crippen molar-refractivity contribution in [2.24, 2.45) is 5.92 Å². The topological polar surface area (TPSA) is 69.6 Å². The number of hydrogen-bond acceptors (Lipinski definition) is 3. The number of carboxylic acids is 1. The number of aliphatic carboxylic acids is 1. The molecule has 0 heterocycles. The van der Waals surface area contributed by atoms with E-state index in [1.807, 2.05) is 14.1 Å². The Labute approximate surface area is 83.1 Å². The lowest BCUT2D eigenvalue weighted by atomic mass is 9.80. The summed E-state index contributed by atoms with van der Waals surface area (Å²) in [5.41, 5.74) is 0. The van der Waals surface area contributed by atoms with Crippen molar-refractivity contribution in [2.45, 2.75) is 18.9 Å². The fraction of sp³-hybridized carbons (Fsp3) is 0.778. The van der Waals surface area contributed by atoms with E-state index in [0.29, 0.717) is 19.4 Å². The van der Waals surface area contributed by atoms with Crippen LogP contribution in [0.15, 0.2) is 0 Å². The zero-order chi connectivity index (χ0) is 10.7. The predicted octanol–water partition coefficient (Wildman–Crippen LogP) is -0.473. The lowest BCUT2D eigenvalue weighted by Gasteiger charge is -2.33. The SMILES string of the molecule is CN(C)CC(=O)NC1CC(C(=O)O)C1. The third kappa shape index (κ3) is 2.99. The highest BCUT2D eigenvalue weighted by atomic mass is 16.4. The molecule has 0 aliphatic heterocycles. The minimum absolute atomic E-state index is 0.0381. The first-order valence-electron chi connectivity index (χ1n) is 4.66. The van der Waals surface area contributed by atoms with Gasteiger partial charge in [-0.3, -0.25) is 9.59 Å². The molecule has 14 heavy (non-hydrogen) atoms. The summed E-state index contributed by atoms with van der Waals surface area (Å²) in [6.07, 6.45) is 1.13. The zero-order valence-corrected chi connectivity index (χ0v) is 8.49. The van der Waals surface area contributed by atoms with Gasteiger partial charge < -0.3 is 15.3 Å². The van der Waals surface area contributed by atoms with Crippen LogP contribution in [0.3, 0.4) is 0 Å². The van der Waals surface area contributed by atoms with Gasteiger partial charge in [0.15, 0.2) is 0 Å². The van der Waals surface area contributed by atoms with E-state index in [0.717, 1.165) is 0 Å². The predicted molar refractivity (Wildman–Crippen MR) is 50.8 cm³/mol. The van der Waals surface area contributed by atoms with Crippen molar-refractivity contribution in [1.29, 1.82) is 0 Å². The van der Waals surface area contributed by atoms with E-state index in [9.17, 15) is 9.59 Å². The van der Waals surface area contributed by atoms with Crippen molar-refractivity contribution >= 4 is 11.9 Å². The van der Waals surface area contributed by atoms with Crippen molar-refractivity contribution in [3.05, 3.63) is 0 Å². The van der Waals surface area contributed by atoms with Gasteiger partial charge in [-0.05, 0) is 26.9 Å². The molecule has 2 N–H and O–H groups in total. The smallest absolute Gasteiger partial charge is 0.306 e. The van der Waals surface area contributed by atoms with Crippen LogP contribution in [0.25, 0.3) is 0 Å². The maximum Gasteiger partial charge on any atom is 0.306 e. The lowest BCUT2D eigenvalue weighted by molar-refractivity contribution is -0.146. The van der Waals surface area contributed by atoms with Gasteiger partial charge in [0.1, 0.15) is 0 Å². The molecule has 80 valence electrons. The molecule has 0 saturated heterocycles. The number of nitrogens with zero attached hydrogens (tertiary/aromatic N) is 1. The molecular weight excluding hydrogens is 184 g/mol. The summed E-state index contributed by atoms with van der Waals surface area (Å²) >= 11 is 0. The van der Waals surface area contributed by atoms with Crippen molar-refractivity contribution in [3.63, 3.8) is 0 Å². The van der Waals surface area contributed by atoms with Gasteiger partial charge in [0, 0.05) is 6.04 Å². The van der Waals surface area contributed by atoms with Crippen LogP contribution in [0.4, 0.5) is 0 Å². The van der Waals surface area contributed by atoms with Gasteiger partial charge in [-0.2, -0.15) is 0 Å². The first kappa shape index (κ1) is 11.0. The molecule has 0 atom stereocenters. The molecule has 0 unspecified atom stereocenters. The van der Waals surface area contributed by atoms with Crippen molar-refractivity contribution in [2.75, 3.05) is 20.6 Å². The van der Waals surface area contributed by atoms with E-state index in [4.69, 9.17) is 5.11 Å². The van der Waals surface area contributed by atoms with Crippen LogP contribution in [0, 0.1) is 5.92 Å². The number of amides is 1. The zero-order valence-electron chi connectivity index (χ0n) is 8.49. The summed E-state index contributed by atoms with van der Waals surface area (Å²) in [4.78, 5) is 23.5. The average Bonchev–Trinajstić information content (AvgIpc) is 1.93. The van der Waals surface area contributed by atoms with Crippen LogP contribution in [0.2, 0.25) is 0 Å². The van der Waals surface area contributed by atoms with Gasteiger partial charge in [-0.15, -0.1) is 0 Å². The van der Waals surface area contributed by atoms with Gasteiger partial charge >= 0.3 is 5.97 Å². The van der Waals surface area contributed by atoms with Crippen LogP contribution in [-0.4, -0.2) is 48.6 Å². The van der Waals surface area contributed by atoms with E-state index in [1.54, 1.807) is 4.90 Å². The molecule has 0 bridgehead atoms. The Kier molecular flexibility index (Phi) is 3.46. The highest BCUT2D eigenvalue weighted by Gasteiger charge is 2.35. The largest absolute Gasteiger partial charge is 0.481 e. The monoisotopic (exact) mass is 200 g/mol. The standard InChI is InChI=1S/C9H16N2O3/c1-11(2)5-8(12)10-7-3-6(4-7)9(13)14/h6-7H,3-5H2,1-2H3,(H,10,12)(H,13,14). The number of rotatable bonds is 4. The normalized spacial score (nSPS) is 25.6. The van der Waals surface area contributed by atoms with E-state index in [2.05, 4.69) is 5.32 Å². The first-order valence-corrected chi connectivity index (χ1v) is 4.66. The second kappa shape index (κ2) is 4.41. The summed E-state index contributed by atoms with van der Waals surface area (Å²) in [5, 5.41) is 11.4. The molecule has 0 radical (unpaired) electrons. The van der Waals surface area contributed by atoms with E-state index < -0.39 is 5.97 Å². The lowest BCUT2D eigenvalue weighted by Crippen LogP contribution is -2.48. The van der Waals surface area contributed by atoms with Gasteiger partial charge in [-0.1, -0.05) is 0 Å². The molecule has 1 saturated carbocycles. The van der Waals surface area contributed by atoms with Gasteiger partial charge in [0.25, 0.3) is 0 Å². The Hall–Kier alpha value is -1.10. The summed E-state index contributed by atoms with van der Waals surface area (Å²) in [7, 11) is 3.64. The maximum atomic E-state index is 11.2. The van der Waals surface area contributed by atoms with Crippen LogP contribution >= 0.6 is 0 Å². The Morgan fingerprint density at radius 3 is 2.43 bits per heavy atom. The molecule has 0 aromatic carbocycles. The Bertz CT molecular complexity index is 234. The highest BCUT2D eigenvalue weighted by molar-refractivity contribution is 5.79. The first-order chi connectivity index (χ1) is 6.49. The quantitative estimate of drug-likeness (QED) is 0.643. The number of carbonyl (C=O) groups is 2. The van der Waals surface area contributed by atoms with Crippen molar-refractivity contribution in [3.8, 4) is 0 Å². The molecule has 0 spiro atoms. The number of carbonyl (C=O) groups excluding carboxylic acids is 1. The fourth-order valence-corrected chi connectivity index (χ4v) is 1.50. The van der Waals surface area contributed by atoms with Crippen molar-refractivity contribution < 1.29 is 14.7 Å². The molecule has 0 aromatic heterocycles. The molecule has 5 heteroatoms. The minimum Gasteiger partial charge on any atom is -0.481 e.